The molecule has 3 N–H and O–H groups in total. The van der Waals surface area contributed by atoms with Crippen LogP contribution in [-0.2, 0) is 16.0 Å². The Labute approximate surface area is 169 Å². The van der Waals surface area contributed by atoms with Crippen LogP contribution >= 0.6 is 0 Å². The average molecular weight is 398 g/mol. The standard InChI is InChI=1S/C21H26N4O4/c26-14-19-18(25-21(28)16-6-10-23-11-7-16)2-1-17(29-19)13-20(27)24-12-5-15-3-8-22-9-4-15/h3-4,6-11,17-19,26H,1-2,5,12-14H2,(H,24,27)(H,25,28)/t17-,18+,19+/m1/s1. The highest BCUT2D eigenvalue weighted by atomic mass is 16.5. The van der Waals surface area contributed by atoms with Gasteiger partial charge in [0.15, 0.2) is 0 Å². The normalized spacial score (nSPS) is 21.3. The lowest BCUT2D eigenvalue weighted by Crippen LogP contribution is -2.51. The molecule has 3 atom stereocenters. The number of amides is 2. The first-order chi connectivity index (χ1) is 14.2. The Bertz CT molecular complexity index is 788. The SMILES string of the molecule is O=C(C[C@H]1CC[C@H](NC(=O)c2ccncc2)[C@H](CO)O1)NCCc1ccncc1. The van der Waals surface area contributed by atoms with Crippen LogP contribution in [0.3, 0.4) is 0 Å². The van der Waals surface area contributed by atoms with Gasteiger partial charge in [-0.1, -0.05) is 0 Å². The molecule has 0 saturated carbocycles. The van der Waals surface area contributed by atoms with Crippen LogP contribution in [-0.4, -0.2) is 58.3 Å². The van der Waals surface area contributed by atoms with Gasteiger partial charge in [-0.25, -0.2) is 0 Å². The van der Waals surface area contributed by atoms with E-state index >= 15 is 0 Å². The first-order valence-corrected chi connectivity index (χ1v) is 9.78. The molecule has 2 amide bonds. The Balaban J connectivity index is 1.42. The molecule has 0 aliphatic carbocycles. The molecule has 1 aliphatic rings. The molecule has 29 heavy (non-hydrogen) atoms. The summed E-state index contributed by atoms with van der Waals surface area (Å²) in [4.78, 5) is 32.4. The summed E-state index contributed by atoms with van der Waals surface area (Å²) in [5.41, 5.74) is 1.62. The highest BCUT2D eigenvalue weighted by molar-refractivity contribution is 5.94. The van der Waals surface area contributed by atoms with Crippen molar-refractivity contribution in [2.24, 2.45) is 0 Å². The third-order valence-corrected chi connectivity index (χ3v) is 4.95. The van der Waals surface area contributed by atoms with Gasteiger partial charge in [0.25, 0.3) is 5.91 Å². The molecular formula is C21H26N4O4. The van der Waals surface area contributed by atoms with Crippen molar-refractivity contribution < 1.29 is 19.4 Å². The summed E-state index contributed by atoms with van der Waals surface area (Å²) in [5.74, 6) is -0.313. The predicted molar refractivity (Wildman–Crippen MR) is 106 cm³/mol. The zero-order chi connectivity index (χ0) is 20.5. The summed E-state index contributed by atoms with van der Waals surface area (Å²) in [6, 6.07) is 6.80. The molecule has 1 saturated heterocycles. The predicted octanol–water partition coefficient (Wildman–Crippen LogP) is 0.864. The van der Waals surface area contributed by atoms with Gasteiger partial charge in [-0.05, 0) is 49.1 Å². The van der Waals surface area contributed by atoms with Gasteiger partial charge in [0.2, 0.25) is 5.91 Å². The number of rotatable bonds is 8. The van der Waals surface area contributed by atoms with Crippen molar-refractivity contribution in [2.45, 2.75) is 43.9 Å². The minimum atomic E-state index is -0.538. The Morgan fingerprint density at radius 2 is 1.76 bits per heavy atom. The summed E-state index contributed by atoms with van der Waals surface area (Å²) in [6.45, 7) is 0.324. The second kappa shape index (κ2) is 10.6. The fraction of sp³-hybridized carbons (Fsp3) is 0.429. The van der Waals surface area contributed by atoms with Crippen LogP contribution in [0.5, 0.6) is 0 Å². The second-order valence-corrected chi connectivity index (χ2v) is 7.03. The number of carbonyl (C=O) groups is 2. The van der Waals surface area contributed by atoms with Crippen LogP contribution in [0.25, 0.3) is 0 Å². The van der Waals surface area contributed by atoms with Crippen LogP contribution < -0.4 is 10.6 Å². The molecule has 1 aliphatic heterocycles. The number of ether oxygens (including phenoxy) is 1. The lowest BCUT2D eigenvalue weighted by Gasteiger charge is -2.36. The van der Waals surface area contributed by atoms with E-state index in [1.54, 1.807) is 36.9 Å². The maximum absolute atomic E-state index is 12.3. The van der Waals surface area contributed by atoms with Crippen LogP contribution in [0.15, 0.2) is 49.1 Å². The highest BCUT2D eigenvalue weighted by Gasteiger charge is 2.33. The first-order valence-electron chi connectivity index (χ1n) is 9.78. The monoisotopic (exact) mass is 398 g/mol. The van der Waals surface area contributed by atoms with E-state index in [4.69, 9.17) is 4.74 Å². The average Bonchev–Trinajstić information content (AvgIpc) is 2.76. The number of carbonyl (C=O) groups excluding carboxylic acids is 2. The number of aliphatic hydroxyl groups is 1. The molecule has 0 unspecified atom stereocenters. The van der Waals surface area contributed by atoms with Gasteiger partial charge in [0, 0.05) is 36.9 Å². The van der Waals surface area contributed by atoms with Gasteiger partial charge in [-0.15, -0.1) is 0 Å². The number of hydrogen-bond acceptors (Lipinski definition) is 6. The quantitative estimate of drug-likeness (QED) is 0.608. The zero-order valence-electron chi connectivity index (χ0n) is 16.2. The van der Waals surface area contributed by atoms with Gasteiger partial charge >= 0.3 is 0 Å². The van der Waals surface area contributed by atoms with E-state index in [0.29, 0.717) is 24.9 Å². The lowest BCUT2D eigenvalue weighted by molar-refractivity contribution is -0.130. The third kappa shape index (κ3) is 6.33. The Hall–Kier alpha value is -2.84. The molecule has 154 valence electrons. The van der Waals surface area contributed by atoms with Crippen LogP contribution in [0.2, 0.25) is 0 Å². The van der Waals surface area contributed by atoms with Crippen molar-refractivity contribution in [1.82, 2.24) is 20.6 Å². The molecule has 1 fully saturated rings. The molecule has 0 aromatic carbocycles. The highest BCUT2D eigenvalue weighted by Crippen LogP contribution is 2.22. The van der Waals surface area contributed by atoms with E-state index < -0.39 is 6.10 Å². The van der Waals surface area contributed by atoms with Crippen molar-refractivity contribution in [3.05, 3.63) is 60.2 Å². The number of nitrogens with one attached hydrogen (secondary N) is 2. The largest absolute Gasteiger partial charge is 0.394 e. The molecule has 3 heterocycles. The number of pyridine rings is 2. The summed E-state index contributed by atoms with van der Waals surface area (Å²) in [5, 5.41) is 15.5. The van der Waals surface area contributed by atoms with Crippen molar-refractivity contribution in [3.63, 3.8) is 0 Å². The fourth-order valence-corrected chi connectivity index (χ4v) is 3.38. The van der Waals surface area contributed by atoms with Crippen molar-refractivity contribution >= 4 is 11.8 Å². The lowest BCUT2D eigenvalue weighted by atomic mass is 9.96. The van der Waals surface area contributed by atoms with Crippen LogP contribution in [0, 0.1) is 0 Å². The minimum absolute atomic E-state index is 0.0833. The summed E-state index contributed by atoms with van der Waals surface area (Å²) in [6.07, 6.45) is 7.99. The third-order valence-electron chi connectivity index (χ3n) is 4.95. The summed E-state index contributed by atoms with van der Waals surface area (Å²) in [7, 11) is 0. The molecule has 3 rings (SSSR count). The fourth-order valence-electron chi connectivity index (χ4n) is 3.38. The van der Waals surface area contributed by atoms with Gasteiger partial charge in [-0.3, -0.25) is 19.6 Å². The van der Waals surface area contributed by atoms with Crippen molar-refractivity contribution in [3.8, 4) is 0 Å². The second-order valence-electron chi connectivity index (χ2n) is 7.03. The Kier molecular flexibility index (Phi) is 7.66. The van der Waals surface area contributed by atoms with Gasteiger partial charge in [0.05, 0.1) is 25.2 Å². The van der Waals surface area contributed by atoms with E-state index in [-0.39, 0.29) is 37.0 Å². The number of nitrogens with zero attached hydrogens (tertiary/aromatic N) is 2. The summed E-state index contributed by atoms with van der Waals surface area (Å²) >= 11 is 0. The van der Waals surface area contributed by atoms with E-state index in [0.717, 1.165) is 12.0 Å². The van der Waals surface area contributed by atoms with Crippen molar-refractivity contribution in [2.75, 3.05) is 13.2 Å². The van der Waals surface area contributed by atoms with E-state index in [9.17, 15) is 14.7 Å². The Morgan fingerprint density at radius 1 is 1.07 bits per heavy atom. The van der Waals surface area contributed by atoms with Crippen LogP contribution in [0.4, 0.5) is 0 Å². The van der Waals surface area contributed by atoms with Gasteiger partial charge < -0.3 is 20.5 Å². The summed E-state index contributed by atoms with van der Waals surface area (Å²) < 4.78 is 5.87. The number of aliphatic hydroxyl groups excluding tert-OH is 1. The maximum atomic E-state index is 12.3. The molecule has 8 heteroatoms. The van der Waals surface area contributed by atoms with Gasteiger partial charge in [-0.2, -0.15) is 0 Å². The number of aromatic nitrogens is 2. The minimum Gasteiger partial charge on any atom is -0.394 e. The molecule has 2 aromatic heterocycles. The topological polar surface area (TPSA) is 113 Å². The molecule has 0 bridgehead atoms. The van der Waals surface area contributed by atoms with Crippen LogP contribution in [0.1, 0.15) is 35.2 Å². The smallest absolute Gasteiger partial charge is 0.251 e. The molecule has 2 aromatic rings. The molecule has 8 nitrogen and oxygen atoms in total. The first kappa shape index (κ1) is 20.9. The maximum Gasteiger partial charge on any atom is 0.251 e. The number of hydrogen-bond donors (Lipinski definition) is 3. The van der Waals surface area contributed by atoms with Crippen molar-refractivity contribution in [1.29, 1.82) is 0 Å². The van der Waals surface area contributed by atoms with E-state index in [2.05, 4.69) is 20.6 Å². The molecule has 0 radical (unpaired) electrons. The van der Waals surface area contributed by atoms with E-state index in [1.807, 2.05) is 12.1 Å². The van der Waals surface area contributed by atoms with Gasteiger partial charge in [0.1, 0.15) is 6.10 Å². The molecule has 0 spiro atoms. The molecular weight excluding hydrogens is 372 g/mol. The zero-order valence-corrected chi connectivity index (χ0v) is 16.2. The van der Waals surface area contributed by atoms with E-state index in [1.165, 1.54) is 0 Å². The Morgan fingerprint density at radius 3 is 2.45 bits per heavy atom.